The first-order valence-corrected chi connectivity index (χ1v) is 6.06. The van der Waals surface area contributed by atoms with Crippen molar-refractivity contribution in [1.82, 2.24) is 19.7 Å². The van der Waals surface area contributed by atoms with Crippen molar-refractivity contribution < 1.29 is 4.79 Å². The summed E-state index contributed by atoms with van der Waals surface area (Å²) < 4.78 is 1.63. The Morgan fingerprint density at radius 3 is 2.82 bits per heavy atom. The Hall–Kier alpha value is -1.76. The second-order valence-corrected chi connectivity index (χ2v) is 4.83. The zero-order valence-corrected chi connectivity index (χ0v) is 10.7. The van der Waals surface area contributed by atoms with E-state index in [2.05, 4.69) is 20.5 Å². The molecule has 0 aliphatic heterocycles. The van der Waals surface area contributed by atoms with Crippen LogP contribution in [0.1, 0.15) is 35.3 Å². The number of amides is 1. The first kappa shape index (κ1) is 11.7. The van der Waals surface area contributed by atoms with Gasteiger partial charge in [0.25, 0.3) is 5.91 Å². The number of carbonyl (C=O) groups is 1. The molecule has 1 N–H and O–H groups in total. The van der Waals surface area contributed by atoms with Crippen molar-refractivity contribution in [1.29, 1.82) is 0 Å². The number of hydrogen-bond donors (Lipinski definition) is 1. The van der Waals surface area contributed by atoms with Crippen LogP contribution in [-0.2, 0) is 7.05 Å². The standard InChI is InChI=1S/C10H13N5OS/c1-6(2)9-12-7(4-17-9)8(16)13-10-14-11-5-15(10)3/h4-6H,1-3H3,(H,13,14,16). The minimum atomic E-state index is -0.260. The predicted molar refractivity (Wildman–Crippen MR) is 65.2 cm³/mol. The van der Waals surface area contributed by atoms with E-state index in [1.54, 1.807) is 17.0 Å². The van der Waals surface area contributed by atoms with Gasteiger partial charge in [0.05, 0.1) is 5.01 Å². The van der Waals surface area contributed by atoms with E-state index in [0.717, 1.165) is 5.01 Å². The maximum absolute atomic E-state index is 11.9. The SMILES string of the molecule is CC(C)c1nc(C(=O)Nc2nncn2C)cs1. The molecule has 7 heteroatoms. The third-order valence-electron chi connectivity index (χ3n) is 2.19. The Kier molecular flexibility index (Phi) is 3.19. The molecule has 1 amide bonds. The van der Waals surface area contributed by atoms with Gasteiger partial charge in [0, 0.05) is 18.3 Å². The maximum Gasteiger partial charge on any atom is 0.277 e. The maximum atomic E-state index is 11.9. The van der Waals surface area contributed by atoms with Crippen molar-refractivity contribution in [2.24, 2.45) is 7.05 Å². The number of hydrogen-bond acceptors (Lipinski definition) is 5. The molecule has 0 aromatic carbocycles. The average Bonchev–Trinajstić information content (AvgIpc) is 2.88. The molecule has 2 aromatic heterocycles. The average molecular weight is 251 g/mol. The number of carbonyl (C=O) groups excluding carboxylic acids is 1. The van der Waals surface area contributed by atoms with Crippen molar-refractivity contribution in [3.63, 3.8) is 0 Å². The molecule has 0 spiro atoms. The normalized spacial score (nSPS) is 10.8. The largest absolute Gasteiger partial charge is 0.303 e. The Morgan fingerprint density at radius 2 is 2.29 bits per heavy atom. The first-order valence-electron chi connectivity index (χ1n) is 5.18. The molecule has 0 fully saturated rings. The molecule has 2 aromatic rings. The van der Waals surface area contributed by atoms with Crippen LogP contribution in [-0.4, -0.2) is 25.7 Å². The van der Waals surface area contributed by atoms with Gasteiger partial charge in [-0.1, -0.05) is 13.8 Å². The van der Waals surface area contributed by atoms with Crippen molar-refractivity contribution >= 4 is 23.2 Å². The Labute approximate surface area is 103 Å². The topological polar surface area (TPSA) is 72.7 Å². The van der Waals surface area contributed by atoms with Gasteiger partial charge in [0.2, 0.25) is 5.95 Å². The van der Waals surface area contributed by atoms with Crippen LogP contribution in [0.2, 0.25) is 0 Å². The van der Waals surface area contributed by atoms with E-state index in [9.17, 15) is 4.79 Å². The molecule has 0 saturated carbocycles. The number of nitrogens with zero attached hydrogens (tertiary/aromatic N) is 4. The predicted octanol–water partition coefficient (Wildman–Crippen LogP) is 1.65. The van der Waals surface area contributed by atoms with Crippen LogP contribution in [0.4, 0.5) is 5.95 Å². The van der Waals surface area contributed by atoms with Crippen LogP contribution < -0.4 is 5.32 Å². The molecule has 90 valence electrons. The number of aromatic nitrogens is 4. The van der Waals surface area contributed by atoms with Gasteiger partial charge >= 0.3 is 0 Å². The summed E-state index contributed by atoms with van der Waals surface area (Å²) in [5.74, 6) is 0.481. The molecule has 0 aliphatic rings. The van der Waals surface area contributed by atoms with Gasteiger partial charge in [-0.15, -0.1) is 21.5 Å². The third-order valence-corrected chi connectivity index (χ3v) is 3.33. The van der Waals surface area contributed by atoms with Crippen molar-refractivity contribution in [2.75, 3.05) is 5.32 Å². The molecular weight excluding hydrogens is 238 g/mol. The summed E-state index contributed by atoms with van der Waals surface area (Å²) in [6.45, 7) is 4.09. The van der Waals surface area contributed by atoms with E-state index >= 15 is 0 Å². The van der Waals surface area contributed by atoms with Crippen LogP contribution >= 0.6 is 11.3 Å². The monoisotopic (exact) mass is 251 g/mol. The zero-order valence-electron chi connectivity index (χ0n) is 9.84. The summed E-state index contributed by atoms with van der Waals surface area (Å²) in [5, 5.41) is 12.8. The number of aryl methyl sites for hydroxylation is 1. The van der Waals surface area contributed by atoms with E-state index in [1.165, 1.54) is 17.7 Å². The fourth-order valence-corrected chi connectivity index (χ4v) is 2.03. The fraction of sp³-hybridized carbons (Fsp3) is 0.400. The molecule has 2 rings (SSSR count). The lowest BCUT2D eigenvalue weighted by molar-refractivity contribution is 0.102. The summed E-state index contributed by atoms with van der Waals surface area (Å²) in [6, 6.07) is 0. The van der Waals surface area contributed by atoms with Crippen LogP contribution in [0.15, 0.2) is 11.7 Å². The zero-order chi connectivity index (χ0) is 12.4. The molecule has 17 heavy (non-hydrogen) atoms. The fourth-order valence-electron chi connectivity index (χ4n) is 1.22. The van der Waals surface area contributed by atoms with Gasteiger partial charge in [0.15, 0.2) is 0 Å². The number of anilines is 1. The Bertz CT molecular complexity index is 530. The van der Waals surface area contributed by atoms with Gasteiger partial charge < -0.3 is 4.57 Å². The first-order chi connectivity index (χ1) is 8.08. The van der Waals surface area contributed by atoms with E-state index in [-0.39, 0.29) is 5.91 Å². The van der Waals surface area contributed by atoms with Gasteiger partial charge in [-0.05, 0) is 0 Å². The number of rotatable bonds is 3. The lowest BCUT2D eigenvalue weighted by Crippen LogP contribution is -2.15. The molecule has 6 nitrogen and oxygen atoms in total. The Morgan fingerprint density at radius 1 is 1.53 bits per heavy atom. The van der Waals surface area contributed by atoms with Crippen LogP contribution in [0.3, 0.4) is 0 Å². The Balaban J connectivity index is 2.12. The van der Waals surface area contributed by atoms with Gasteiger partial charge in [0.1, 0.15) is 12.0 Å². The molecule has 0 unspecified atom stereocenters. The van der Waals surface area contributed by atoms with E-state index in [1.807, 2.05) is 13.8 Å². The van der Waals surface area contributed by atoms with Crippen molar-refractivity contribution in [3.8, 4) is 0 Å². The van der Waals surface area contributed by atoms with E-state index in [4.69, 9.17) is 0 Å². The highest BCUT2D eigenvalue weighted by atomic mass is 32.1. The number of nitrogens with one attached hydrogen (secondary N) is 1. The minimum Gasteiger partial charge on any atom is -0.303 e. The highest BCUT2D eigenvalue weighted by Gasteiger charge is 2.14. The highest BCUT2D eigenvalue weighted by Crippen LogP contribution is 2.19. The quantitative estimate of drug-likeness (QED) is 0.900. The second kappa shape index (κ2) is 4.62. The number of thiazole rings is 1. The van der Waals surface area contributed by atoms with Gasteiger partial charge in [-0.25, -0.2) is 4.98 Å². The summed E-state index contributed by atoms with van der Waals surface area (Å²) in [5.41, 5.74) is 0.418. The summed E-state index contributed by atoms with van der Waals surface area (Å²) in [6.07, 6.45) is 1.52. The van der Waals surface area contributed by atoms with E-state index < -0.39 is 0 Å². The van der Waals surface area contributed by atoms with Crippen LogP contribution in [0, 0.1) is 0 Å². The minimum absolute atomic E-state index is 0.260. The molecule has 0 saturated heterocycles. The van der Waals surface area contributed by atoms with Crippen molar-refractivity contribution in [2.45, 2.75) is 19.8 Å². The second-order valence-electron chi connectivity index (χ2n) is 3.95. The van der Waals surface area contributed by atoms with E-state index in [0.29, 0.717) is 17.6 Å². The third kappa shape index (κ3) is 2.50. The van der Waals surface area contributed by atoms with Gasteiger partial charge in [-0.2, -0.15) is 0 Å². The lowest BCUT2D eigenvalue weighted by atomic mass is 10.2. The lowest BCUT2D eigenvalue weighted by Gasteiger charge is -2.01. The summed E-state index contributed by atoms with van der Waals surface area (Å²) in [4.78, 5) is 16.1. The highest BCUT2D eigenvalue weighted by molar-refractivity contribution is 7.09. The molecule has 0 bridgehead atoms. The molecule has 0 aliphatic carbocycles. The molecule has 2 heterocycles. The smallest absolute Gasteiger partial charge is 0.277 e. The van der Waals surface area contributed by atoms with Crippen LogP contribution in [0.25, 0.3) is 0 Å². The van der Waals surface area contributed by atoms with Gasteiger partial charge in [-0.3, -0.25) is 10.1 Å². The molecular formula is C10H13N5OS. The van der Waals surface area contributed by atoms with Crippen LogP contribution in [0.5, 0.6) is 0 Å². The summed E-state index contributed by atoms with van der Waals surface area (Å²) in [7, 11) is 1.76. The molecule has 0 atom stereocenters. The molecule has 0 radical (unpaired) electrons. The summed E-state index contributed by atoms with van der Waals surface area (Å²) >= 11 is 1.49. The van der Waals surface area contributed by atoms with Crippen molar-refractivity contribution in [3.05, 3.63) is 22.4 Å².